The van der Waals surface area contributed by atoms with Crippen LogP contribution in [0.25, 0.3) is 16.9 Å². The molecule has 18 heavy (non-hydrogen) atoms. The molecule has 0 aliphatic rings. The number of carboxylic acid groups (broad SMARTS) is 1. The molecule has 3 aromatic rings. The van der Waals surface area contributed by atoms with E-state index in [1.165, 1.54) is 0 Å². The quantitative estimate of drug-likeness (QED) is 0.746. The Morgan fingerprint density at radius 3 is 2.61 bits per heavy atom. The van der Waals surface area contributed by atoms with Crippen molar-refractivity contribution in [1.29, 1.82) is 0 Å². The van der Waals surface area contributed by atoms with Gasteiger partial charge in [0, 0.05) is 11.8 Å². The van der Waals surface area contributed by atoms with Crippen molar-refractivity contribution in [1.82, 2.24) is 9.38 Å². The average molecular weight is 238 g/mol. The molecule has 4 heteroatoms. The van der Waals surface area contributed by atoms with E-state index in [1.807, 2.05) is 36.5 Å². The SMILES string of the molecule is O=C(O)c1cccn2c(-c3ccccc3)ncc12. The Morgan fingerprint density at radius 1 is 1.11 bits per heavy atom. The van der Waals surface area contributed by atoms with E-state index < -0.39 is 5.97 Å². The third-order valence-corrected chi connectivity index (χ3v) is 2.83. The molecule has 0 bridgehead atoms. The van der Waals surface area contributed by atoms with Gasteiger partial charge in [-0.25, -0.2) is 9.78 Å². The van der Waals surface area contributed by atoms with E-state index in [9.17, 15) is 4.79 Å². The highest BCUT2D eigenvalue weighted by Crippen LogP contribution is 2.21. The smallest absolute Gasteiger partial charge is 0.337 e. The first-order valence-electron chi connectivity index (χ1n) is 5.52. The summed E-state index contributed by atoms with van der Waals surface area (Å²) in [7, 11) is 0. The second-order valence-electron chi connectivity index (χ2n) is 3.93. The molecule has 2 heterocycles. The first kappa shape index (κ1) is 10.5. The predicted molar refractivity (Wildman–Crippen MR) is 67.6 cm³/mol. The van der Waals surface area contributed by atoms with Gasteiger partial charge in [-0.3, -0.25) is 4.40 Å². The van der Waals surface area contributed by atoms with Crippen LogP contribution in [-0.4, -0.2) is 20.5 Å². The second-order valence-corrected chi connectivity index (χ2v) is 3.93. The molecule has 4 nitrogen and oxygen atoms in total. The van der Waals surface area contributed by atoms with Gasteiger partial charge in [-0.2, -0.15) is 0 Å². The molecular weight excluding hydrogens is 228 g/mol. The summed E-state index contributed by atoms with van der Waals surface area (Å²) in [5.74, 6) is -0.200. The van der Waals surface area contributed by atoms with E-state index >= 15 is 0 Å². The summed E-state index contributed by atoms with van der Waals surface area (Å²) in [6.07, 6.45) is 3.41. The zero-order valence-corrected chi connectivity index (χ0v) is 9.45. The van der Waals surface area contributed by atoms with Crippen molar-refractivity contribution in [2.45, 2.75) is 0 Å². The molecule has 0 saturated carbocycles. The highest BCUT2D eigenvalue weighted by atomic mass is 16.4. The highest BCUT2D eigenvalue weighted by Gasteiger charge is 2.12. The summed E-state index contributed by atoms with van der Waals surface area (Å²) >= 11 is 0. The minimum Gasteiger partial charge on any atom is -0.478 e. The number of fused-ring (bicyclic) bond motifs is 1. The van der Waals surface area contributed by atoms with Gasteiger partial charge in [0.2, 0.25) is 0 Å². The van der Waals surface area contributed by atoms with Crippen LogP contribution >= 0.6 is 0 Å². The Bertz CT molecular complexity index is 717. The lowest BCUT2D eigenvalue weighted by atomic mass is 10.2. The minimum absolute atomic E-state index is 0.257. The van der Waals surface area contributed by atoms with E-state index in [2.05, 4.69) is 4.98 Å². The van der Waals surface area contributed by atoms with Crippen LogP contribution in [0.1, 0.15) is 10.4 Å². The summed E-state index contributed by atoms with van der Waals surface area (Å²) in [6, 6.07) is 13.0. The molecule has 1 N–H and O–H groups in total. The molecule has 1 aromatic carbocycles. The Morgan fingerprint density at radius 2 is 1.89 bits per heavy atom. The molecule has 0 aliphatic heterocycles. The maximum Gasteiger partial charge on any atom is 0.337 e. The summed E-state index contributed by atoms with van der Waals surface area (Å²) in [5, 5.41) is 9.12. The molecule has 0 aliphatic carbocycles. The number of rotatable bonds is 2. The predicted octanol–water partition coefficient (Wildman–Crippen LogP) is 2.70. The lowest BCUT2D eigenvalue weighted by molar-refractivity contribution is 0.0698. The number of benzene rings is 1. The van der Waals surface area contributed by atoms with E-state index in [0.717, 1.165) is 11.4 Å². The van der Waals surface area contributed by atoms with Crippen LogP contribution in [0, 0.1) is 0 Å². The maximum atomic E-state index is 11.1. The maximum absolute atomic E-state index is 11.1. The van der Waals surface area contributed by atoms with Gasteiger partial charge in [0.05, 0.1) is 17.3 Å². The van der Waals surface area contributed by atoms with Crippen LogP contribution in [-0.2, 0) is 0 Å². The van der Waals surface area contributed by atoms with E-state index in [1.54, 1.807) is 22.7 Å². The monoisotopic (exact) mass is 238 g/mol. The first-order chi connectivity index (χ1) is 8.77. The van der Waals surface area contributed by atoms with Gasteiger partial charge >= 0.3 is 5.97 Å². The van der Waals surface area contributed by atoms with Gasteiger partial charge in [0.1, 0.15) is 5.82 Å². The number of pyridine rings is 1. The van der Waals surface area contributed by atoms with E-state index in [4.69, 9.17) is 5.11 Å². The molecule has 0 spiro atoms. The van der Waals surface area contributed by atoms with E-state index in [-0.39, 0.29) is 5.56 Å². The van der Waals surface area contributed by atoms with Crippen molar-refractivity contribution >= 4 is 11.5 Å². The topological polar surface area (TPSA) is 54.6 Å². The molecule has 0 unspecified atom stereocenters. The third kappa shape index (κ3) is 1.55. The summed E-state index contributed by atoms with van der Waals surface area (Å²) < 4.78 is 1.79. The molecular formula is C14H10N2O2. The fraction of sp³-hybridized carbons (Fsp3) is 0. The van der Waals surface area contributed by atoms with Gasteiger partial charge in [0.25, 0.3) is 0 Å². The largest absolute Gasteiger partial charge is 0.478 e. The number of imidazole rings is 1. The van der Waals surface area contributed by atoms with Crippen LogP contribution in [0.3, 0.4) is 0 Å². The van der Waals surface area contributed by atoms with Crippen LogP contribution in [0.4, 0.5) is 0 Å². The lowest BCUT2D eigenvalue weighted by Gasteiger charge is -2.02. The minimum atomic E-state index is -0.944. The molecule has 88 valence electrons. The zero-order chi connectivity index (χ0) is 12.5. The van der Waals surface area contributed by atoms with Crippen LogP contribution < -0.4 is 0 Å². The highest BCUT2D eigenvalue weighted by molar-refractivity contribution is 5.95. The number of aromatic nitrogens is 2. The Balaban J connectivity index is 2.28. The molecule has 0 amide bonds. The third-order valence-electron chi connectivity index (χ3n) is 2.83. The van der Waals surface area contributed by atoms with Crippen molar-refractivity contribution in [3.8, 4) is 11.4 Å². The number of carbonyl (C=O) groups is 1. The second kappa shape index (κ2) is 4.00. The number of nitrogens with zero attached hydrogens (tertiary/aromatic N) is 2. The summed E-state index contributed by atoms with van der Waals surface area (Å²) in [6.45, 7) is 0. The Labute approximate surface area is 103 Å². The van der Waals surface area contributed by atoms with Crippen molar-refractivity contribution in [2.24, 2.45) is 0 Å². The molecule has 3 rings (SSSR count). The van der Waals surface area contributed by atoms with Crippen molar-refractivity contribution in [3.05, 3.63) is 60.4 Å². The molecule has 0 atom stereocenters. The summed E-state index contributed by atoms with van der Waals surface area (Å²) in [4.78, 5) is 15.4. The van der Waals surface area contributed by atoms with Gasteiger partial charge in [-0.15, -0.1) is 0 Å². The fourth-order valence-corrected chi connectivity index (χ4v) is 2.00. The van der Waals surface area contributed by atoms with Gasteiger partial charge in [0.15, 0.2) is 0 Å². The Hall–Kier alpha value is -2.62. The molecule has 0 saturated heterocycles. The number of hydrogen-bond donors (Lipinski definition) is 1. The van der Waals surface area contributed by atoms with Crippen LogP contribution in [0.5, 0.6) is 0 Å². The van der Waals surface area contributed by atoms with Crippen LogP contribution in [0.15, 0.2) is 54.9 Å². The van der Waals surface area contributed by atoms with Gasteiger partial charge in [-0.1, -0.05) is 30.3 Å². The zero-order valence-electron chi connectivity index (χ0n) is 9.45. The average Bonchev–Trinajstić information content (AvgIpc) is 2.83. The van der Waals surface area contributed by atoms with Crippen LogP contribution in [0.2, 0.25) is 0 Å². The van der Waals surface area contributed by atoms with Crippen molar-refractivity contribution in [2.75, 3.05) is 0 Å². The van der Waals surface area contributed by atoms with Crippen molar-refractivity contribution < 1.29 is 9.90 Å². The Kier molecular flexibility index (Phi) is 2.34. The normalized spacial score (nSPS) is 10.7. The van der Waals surface area contributed by atoms with E-state index in [0.29, 0.717) is 5.52 Å². The lowest BCUT2D eigenvalue weighted by Crippen LogP contribution is -1.99. The molecule has 2 aromatic heterocycles. The van der Waals surface area contributed by atoms with Gasteiger partial charge < -0.3 is 5.11 Å². The standard InChI is InChI=1S/C14H10N2O2/c17-14(18)11-7-4-8-16-12(11)9-15-13(16)10-5-2-1-3-6-10/h1-9H,(H,17,18). The molecule has 0 radical (unpaired) electrons. The first-order valence-corrected chi connectivity index (χ1v) is 5.52. The fourth-order valence-electron chi connectivity index (χ4n) is 2.00. The molecule has 0 fully saturated rings. The number of hydrogen-bond acceptors (Lipinski definition) is 2. The van der Waals surface area contributed by atoms with Crippen molar-refractivity contribution in [3.63, 3.8) is 0 Å². The van der Waals surface area contributed by atoms with Gasteiger partial charge in [-0.05, 0) is 12.1 Å². The number of carboxylic acids is 1. The summed E-state index contributed by atoms with van der Waals surface area (Å²) in [5.41, 5.74) is 1.82. The number of aromatic carboxylic acids is 1.